The summed E-state index contributed by atoms with van der Waals surface area (Å²) in [6.07, 6.45) is 1.52. The van der Waals surface area contributed by atoms with Crippen LogP contribution in [0.1, 0.15) is 11.1 Å². The van der Waals surface area contributed by atoms with Crippen LogP contribution < -0.4 is 5.32 Å². The standard InChI is InChI=1S/C17H13N3O4S/c1-10-4-2-3-5-12(10)18-17-19-16(22)15(25-17)9-11-6-7-14(21)13(8-11)20(23)24/h2-9,21H,1H3,(H,18,19,22)/b15-9-. The normalized spacial score (nSPS) is 17.1. The minimum atomic E-state index is -0.676. The summed E-state index contributed by atoms with van der Waals surface area (Å²) in [5.41, 5.74) is 1.77. The van der Waals surface area contributed by atoms with Crippen LogP contribution in [0.25, 0.3) is 6.08 Å². The minimum Gasteiger partial charge on any atom is -0.502 e. The molecule has 0 radical (unpaired) electrons. The summed E-state index contributed by atoms with van der Waals surface area (Å²) in [6.45, 7) is 1.92. The van der Waals surface area contributed by atoms with Gasteiger partial charge >= 0.3 is 5.69 Å². The van der Waals surface area contributed by atoms with Crippen LogP contribution >= 0.6 is 11.8 Å². The zero-order valence-electron chi connectivity index (χ0n) is 13.1. The lowest BCUT2D eigenvalue weighted by Crippen LogP contribution is -2.19. The van der Waals surface area contributed by atoms with Crippen molar-refractivity contribution in [3.63, 3.8) is 0 Å². The van der Waals surface area contributed by atoms with E-state index in [2.05, 4.69) is 10.3 Å². The lowest BCUT2D eigenvalue weighted by molar-refractivity contribution is -0.385. The van der Waals surface area contributed by atoms with Crippen LogP contribution in [0.2, 0.25) is 0 Å². The van der Waals surface area contributed by atoms with Crippen molar-refractivity contribution < 1.29 is 14.8 Å². The Hall–Kier alpha value is -3.13. The second kappa shape index (κ2) is 6.78. The Labute approximate surface area is 147 Å². The van der Waals surface area contributed by atoms with Crippen LogP contribution in [0.4, 0.5) is 11.4 Å². The SMILES string of the molecule is Cc1ccccc1N=C1NC(=O)/C(=C/c2ccc(O)c([N+](=O)[O-])c2)S1. The van der Waals surface area contributed by atoms with Crippen LogP contribution in [0, 0.1) is 17.0 Å². The summed E-state index contributed by atoms with van der Waals surface area (Å²) < 4.78 is 0. The number of amides is 1. The largest absolute Gasteiger partial charge is 0.502 e. The van der Waals surface area contributed by atoms with Gasteiger partial charge < -0.3 is 10.4 Å². The van der Waals surface area contributed by atoms with Gasteiger partial charge in [-0.05, 0) is 48.0 Å². The highest BCUT2D eigenvalue weighted by atomic mass is 32.2. The number of rotatable bonds is 3. The molecule has 0 unspecified atom stereocenters. The zero-order valence-corrected chi connectivity index (χ0v) is 13.9. The highest BCUT2D eigenvalue weighted by Crippen LogP contribution is 2.31. The molecule has 0 spiro atoms. The molecule has 0 aliphatic carbocycles. The maximum atomic E-state index is 12.1. The first-order chi connectivity index (χ1) is 11.9. The van der Waals surface area contributed by atoms with E-state index in [9.17, 15) is 20.0 Å². The molecule has 2 aromatic rings. The number of carbonyl (C=O) groups is 1. The number of nitro benzene ring substituents is 1. The Kier molecular flexibility index (Phi) is 4.53. The molecular formula is C17H13N3O4S. The van der Waals surface area contributed by atoms with E-state index in [1.54, 1.807) is 0 Å². The van der Waals surface area contributed by atoms with E-state index < -0.39 is 16.4 Å². The molecule has 8 heteroatoms. The number of aliphatic imine (C=N–C) groups is 1. The van der Waals surface area contributed by atoms with Crippen LogP contribution in [-0.4, -0.2) is 21.1 Å². The Bertz CT molecular complexity index is 937. The van der Waals surface area contributed by atoms with E-state index in [-0.39, 0.29) is 5.91 Å². The number of hydrogen-bond acceptors (Lipinski definition) is 6. The number of nitrogens with one attached hydrogen (secondary N) is 1. The predicted octanol–water partition coefficient (Wildman–Crippen LogP) is 3.50. The van der Waals surface area contributed by atoms with Crippen LogP contribution in [0.5, 0.6) is 5.75 Å². The first-order valence-electron chi connectivity index (χ1n) is 7.26. The lowest BCUT2D eigenvalue weighted by atomic mass is 10.1. The second-order valence-electron chi connectivity index (χ2n) is 5.27. The number of para-hydroxylation sites is 1. The number of aryl methyl sites for hydroxylation is 1. The minimum absolute atomic E-state index is 0.326. The molecule has 2 N–H and O–H groups in total. The molecule has 0 atom stereocenters. The van der Waals surface area contributed by atoms with Gasteiger partial charge in [0, 0.05) is 6.07 Å². The van der Waals surface area contributed by atoms with Gasteiger partial charge in [-0.2, -0.15) is 0 Å². The molecule has 1 aliphatic heterocycles. The Morgan fingerprint density at radius 1 is 1.28 bits per heavy atom. The third kappa shape index (κ3) is 3.69. The molecule has 1 aliphatic rings. The van der Waals surface area contributed by atoms with Crippen molar-refractivity contribution in [1.29, 1.82) is 0 Å². The second-order valence-corrected chi connectivity index (χ2v) is 6.30. The van der Waals surface area contributed by atoms with Crippen LogP contribution in [-0.2, 0) is 4.79 Å². The average Bonchev–Trinajstić information content (AvgIpc) is 2.90. The fraction of sp³-hybridized carbons (Fsp3) is 0.0588. The van der Waals surface area contributed by atoms with Crippen molar-refractivity contribution in [2.45, 2.75) is 6.92 Å². The van der Waals surface area contributed by atoms with E-state index in [1.165, 1.54) is 24.3 Å². The Balaban J connectivity index is 1.88. The molecule has 2 aromatic carbocycles. The van der Waals surface area contributed by atoms with Crippen LogP contribution in [0.15, 0.2) is 52.4 Å². The number of nitro groups is 1. The number of phenols is 1. The van der Waals surface area contributed by atoms with E-state index >= 15 is 0 Å². The molecule has 1 saturated heterocycles. The summed E-state index contributed by atoms with van der Waals surface area (Å²) in [5.74, 6) is -0.745. The third-order valence-electron chi connectivity index (χ3n) is 3.48. The number of phenolic OH excluding ortho intramolecular Hbond substituents is 1. The first-order valence-corrected chi connectivity index (χ1v) is 8.08. The van der Waals surface area contributed by atoms with E-state index in [1.807, 2.05) is 31.2 Å². The topological polar surface area (TPSA) is 105 Å². The highest BCUT2D eigenvalue weighted by Gasteiger charge is 2.24. The molecule has 0 saturated carbocycles. The highest BCUT2D eigenvalue weighted by molar-refractivity contribution is 8.18. The number of carbonyl (C=O) groups excluding carboxylic acids is 1. The summed E-state index contributed by atoms with van der Waals surface area (Å²) in [4.78, 5) is 27.1. The number of aromatic hydroxyl groups is 1. The molecule has 3 rings (SSSR count). The van der Waals surface area contributed by atoms with Gasteiger partial charge in [-0.25, -0.2) is 4.99 Å². The summed E-state index contributed by atoms with van der Waals surface area (Å²) >= 11 is 1.15. The summed E-state index contributed by atoms with van der Waals surface area (Å²) in [5, 5.41) is 23.5. The van der Waals surface area contributed by atoms with Gasteiger partial charge in [0.1, 0.15) is 0 Å². The van der Waals surface area contributed by atoms with Crippen molar-refractivity contribution in [2.75, 3.05) is 0 Å². The van der Waals surface area contributed by atoms with Gasteiger partial charge in [-0.1, -0.05) is 24.3 Å². The summed E-state index contributed by atoms with van der Waals surface area (Å²) in [6, 6.07) is 11.5. The van der Waals surface area contributed by atoms with E-state index in [4.69, 9.17) is 0 Å². The number of benzene rings is 2. The fourth-order valence-corrected chi connectivity index (χ4v) is 3.04. The van der Waals surface area contributed by atoms with Crippen molar-refractivity contribution in [3.8, 4) is 5.75 Å². The average molecular weight is 355 g/mol. The predicted molar refractivity (Wildman–Crippen MR) is 96.7 cm³/mol. The van der Waals surface area contributed by atoms with Gasteiger partial charge in [0.2, 0.25) is 0 Å². The fourth-order valence-electron chi connectivity index (χ4n) is 2.21. The number of amidine groups is 1. The number of thioether (sulfide) groups is 1. The Morgan fingerprint density at radius 2 is 2.04 bits per heavy atom. The number of hydrogen-bond donors (Lipinski definition) is 2. The van der Waals surface area contributed by atoms with Crippen molar-refractivity contribution >= 4 is 40.3 Å². The molecule has 25 heavy (non-hydrogen) atoms. The molecule has 1 amide bonds. The number of nitrogens with zero attached hydrogens (tertiary/aromatic N) is 2. The van der Waals surface area contributed by atoms with Crippen LogP contribution in [0.3, 0.4) is 0 Å². The first kappa shape index (κ1) is 16.7. The van der Waals surface area contributed by atoms with Crippen molar-refractivity contribution in [3.05, 3.63) is 68.6 Å². The van der Waals surface area contributed by atoms with Gasteiger partial charge in [0.15, 0.2) is 10.9 Å². The van der Waals surface area contributed by atoms with Gasteiger partial charge in [-0.3, -0.25) is 14.9 Å². The monoisotopic (exact) mass is 355 g/mol. The smallest absolute Gasteiger partial charge is 0.311 e. The quantitative estimate of drug-likeness (QED) is 0.498. The maximum absolute atomic E-state index is 12.1. The maximum Gasteiger partial charge on any atom is 0.311 e. The molecule has 0 bridgehead atoms. The van der Waals surface area contributed by atoms with Gasteiger partial charge in [-0.15, -0.1) is 0 Å². The molecule has 1 heterocycles. The summed E-state index contributed by atoms with van der Waals surface area (Å²) in [7, 11) is 0. The van der Waals surface area contributed by atoms with E-state index in [0.717, 1.165) is 23.0 Å². The van der Waals surface area contributed by atoms with Gasteiger partial charge in [0.25, 0.3) is 5.91 Å². The molecule has 7 nitrogen and oxygen atoms in total. The van der Waals surface area contributed by atoms with Crippen molar-refractivity contribution in [2.24, 2.45) is 4.99 Å². The van der Waals surface area contributed by atoms with E-state index in [0.29, 0.717) is 15.6 Å². The zero-order chi connectivity index (χ0) is 18.0. The molecule has 126 valence electrons. The lowest BCUT2D eigenvalue weighted by Gasteiger charge is -2.00. The molecular weight excluding hydrogens is 342 g/mol. The molecule has 1 fully saturated rings. The van der Waals surface area contributed by atoms with Gasteiger partial charge in [0.05, 0.1) is 15.5 Å². The Morgan fingerprint density at radius 3 is 2.76 bits per heavy atom. The molecule has 0 aromatic heterocycles. The third-order valence-corrected chi connectivity index (χ3v) is 4.39. The van der Waals surface area contributed by atoms with Crippen molar-refractivity contribution in [1.82, 2.24) is 5.32 Å².